The molecule has 0 aromatic rings. The summed E-state index contributed by atoms with van der Waals surface area (Å²) in [7, 11) is 1.42. The third-order valence-electron chi connectivity index (χ3n) is 4.28. The van der Waals surface area contributed by atoms with Crippen LogP contribution < -0.4 is 0 Å². The molecule has 0 aromatic heterocycles. The zero-order chi connectivity index (χ0) is 14.5. The topological polar surface area (TPSA) is 76.1 Å². The lowest BCUT2D eigenvalue weighted by Crippen LogP contribution is -2.31. The number of methoxy groups -OCH3 is 1. The second-order valence-corrected chi connectivity index (χ2v) is 5.70. The zero-order valence-electron chi connectivity index (χ0n) is 11.9. The Morgan fingerprint density at radius 3 is 2.40 bits per heavy atom. The van der Waals surface area contributed by atoms with Gasteiger partial charge < -0.3 is 19.5 Å². The largest absolute Gasteiger partial charge is 0.469 e. The van der Waals surface area contributed by atoms with Crippen LogP contribution in [-0.4, -0.2) is 54.5 Å². The Labute approximate surface area is 119 Å². The Hall–Kier alpha value is -1.30. The van der Waals surface area contributed by atoms with Crippen LogP contribution in [0.4, 0.5) is 4.79 Å². The first-order valence-electron chi connectivity index (χ1n) is 7.28. The second-order valence-electron chi connectivity index (χ2n) is 5.70. The molecule has 0 bridgehead atoms. The van der Waals surface area contributed by atoms with Crippen molar-refractivity contribution in [3.63, 3.8) is 0 Å². The number of amides is 1. The second kappa shape index (κ2) is 6.92. The van der Waals surface area contributed by atoms with Crippen molar-refractivity contribution in [2.24, 2.45) is 5.92 Å². The molecule has 0 unspecified atom stereocenters. The maximum absolute atomic E-state index is 11.2. The Morgan fingerprint density at radius 2 is 1.85 bits per heavy atom. The smallest absolute Gasteiger partial charge is 0.407 e. The lowest BCUT2D eigenvalue weighted by atomic mass is 9.85. The summed E-state index contributed by atoms with van der Waals surface area (Å²) in [5, 5.41) is 8.91. The van der Waals surface area contributed by atoms with Gasteiger partial charge in [-0.25, -0.2) is 4.79 Å². The van der Waals surface area contributed by atoms with Crippen molar-refractivity contribution in [1.29, 1.82) is 0 Å². The van der Waals surface area contributed by atoms with Gasteiger partial charge >= 0.3 is 12.1 Å². The van der Waals surface area contributed by atoms with E-state index in [1.807, 2.05) is 0 Å². The van der Waals surface area contributed by atoms with Gasteiger partial charge in [-0.3, -0.25) is 4.79 Å². The normalized spacial score (nSPS) is 30.2. The van der Waals surface area contributed by atoms with E-state index >= 15 is 0 Å². The van der Waals surface area contributed by atoms with Crippen molar-refractivity contribution in [1.82, 2.24) is 4.90 Å². The van der Waals surface area contributed by atoms with E-state index in [2.05, 4.69) is 0 Å². The highest BCUT2D eigenvalue weighted by Crippen LogP contribution is 2.30. The highest BCUT2D eigenvalue weighted by molar-refractivity contribution is 5.69. The van der Waals surface area contributed by atoms with Crippen molar-refractivity contribution < 1.29 is 24.2 Å². The molecule has 6 heteroatoms. The maximum Gasteiger partial charge on any atom is 0.407 e. The number of hydrogen-bond acceptors (Lipinski definition) is 4. The first-order valence-corrected chi connectivity index (χ1v) is 7.28. The molecule has 1 amide bonds. The van der Waals surface area contributed by atoms with Crippen LogP contribution in [0.25, 0.3) is 0 Å². The molecule has 1 heterocycles. The van der Waals surface area contributed by atoms with E-state index in [1.165, 1.54) is 12.0 Å². The number of hydrogen-bond donors (Lipinski definition) is 1. The van der Waals surface area contributed by atoms with Gasteiger partial charge in [-0.2, -0.15) is 0 Å². The van der Waals surface area contributed by atoms with Crippen LogP contribution in [0, 0.1) is 5.92 Å². The van der Waals surface area contributed by atoms with Crippen LogP contribution in [-0.2, 0) is 14.3 Å². The molecule has 2 aliphatic rings. The van der Waals surface area contributed by atoms with Crippen LogP contribution in [0.15, 0.2) is 0 Å². The monoisotopic (exact) mass is 285 g/mol. The molecule has 1 N–H and O–H groups in total. The van der Waals surface area contributed by atoms with E-state index < -0.39 is 6.09 Å². The van der Waals surface area contributed by atoms with Gasteiger partial charge in [0.25, 0.3) is 0 Å². The fraction of sp³-hybridized carbons (Fsp3) is 0.857. The van der Waals surface area contributed by atoms with Crippen LogP contribution in [0.1, 0.15) is 38.5 Å². The van der Waals surface area contributed by atoms with E-state index in [4.69, 9.17) is 14.6 Å². The van der Waals surface area contributed by atoms with Gasteiger partial charge in [-0.15, -0.1) is 0 Å². The van der Waals surface area contributed by atoms with Crippen LogP contribution in [0.3, 0.4) is 0 Å². The Morgan fingerprint density at radius 1 is 1.15 bits per heavy atom. The van der Waals surface area contributed by atoms with Gasteiger partial charge in [0.05, 0.1) is 25.9 Å². The lowest BCUT2D eigenvalue weighted by Gasteiger charge is -2.29. The minimum Gasteiger partial charge on any atom is -0.469 e. The van der Waals surface area contributed by atoms with Crippen LogP contribution in [0.5, 0.6) is 0 Å². The summed E-state index contributed by atoms with van der Waals surface area (Å²) in [4.78, 5) is 23.5. The summed E-state index contributed by atoms with van der Waals surface area (Å²) in [6.45, 7) is 1.05. The summed E-state index contributed by atoms with van der Waals surface area (Å²) in [5.74, 6) is 0.267. The minimum absolute atomic E-state index is 0.0354. The number of carboxylic acid groups (broad SMARTS) is 1. The quantitative estimate of drug-likeness (QED) is 0.798. The molecule has 6 nitrogen and oxygen atoms in total. The molecular formula is C14H23NO5. The highest BCUT2D eigenvalue weighted by atomic mass is 16.5. The summed E-state index contributed by atoms with van der Waals surface area (Å²) in [6.07, 6.45) is 4.53. The number of nitrogens with zero attached hydrogens (tertiary/aromatic N) is 1. The average Bonchev–Trinajstić information content (AvgIpc) is 2.89. The Balaban J connectivity index is 1.67. The molecule has 0 aromatic carbocycles. The Bertz CT molecular complexity index is 351. The van der Waals surface area contributed by atoms with Gasteiger partial charge in [-0.05, 0) is 38.0 Å². The molecule has 1 aliphatic carbocycles. The highest BCUT2D eigenvalue weighted by Gasteiger charge is 2.30. The van der Waals surface area contributed by atoms with Crippen LogP contribution in [0.2, 0.25) is 0 Å². The third kappa shape index (κ3) is 4.10. The molecule has 1 saturated carbocycles. The van der Waals surface area contributed by atoms with Gasteiger partial charge in [0, 0.05) is 13.0 Å². The SMILES string of the molecule is COC(=O)CC1CCC(O[C@@H]2CCN(C(=O)O)C2)CC1. The first-order chi connectivity index (χ1) is 9.58. The summed E-state index contributed by atoms with van der Waals surface area (Å²) >= 11 is 0. The first kappa shape index (κ1) is 15.1. The summed E-state index contributed by atoms with van der Waals surface area (Å²) in [5.41, 5.74) is 0. The number of carbonyl (C=O) groups excluding carboxylic acids is 1. The Kier molecular flexibility index (Phi) is 5.23. The average molecular weight is 285 g/mol. The number of esters is 1. The molecule has 20 heavy (non-hydrogen) atoms. The fourth-order valence-corrected chi connectivity index (χ4v) is 3.08. The van der Waals surface area contributed by atoms with E-state index in [1.54, 1.807) is 0 Å². The van der Waals surface area contributed by atoms with E-state index in [0.717, 1.165) is 32.1 Å². The zero-order valence-corrected chi connectivity index (χ0v) is 11.9. The lowest BCUT2D eigenvalue weighted by molar-refractivity contribution is -0.142. The van der Waals surface area contributed by atoms with E-state index in [0.29, 0.717) is 25.4 Å². The van der Waals surface area contributed by atoms with Crippen molar-refractivity contribution in [3.05, 3.63) is 0 Å². The standard InChI is InChI=1S/C14H23NO5/c1-19-13(16)8-10-2-4-11(5-3-10)20-12-6-7-15(9-12)14(17)18/h10-12H,2-9H2,1H3,(H,17,18)/t10?,11?,12-/m1/s1. The predicted molar refractivity (Wildman–Crippen MR) is 71.5 cm³/mol. The van der Waals surface area contributed by atoms with Crippen molar-refractivity contribution in [3.8, 4) is 0 Å². The number of ether oxygens (including phenoxy) is 2. The molecule has 0 radical (unpaired) electrons. The van der Waals surface area contributed by atoms with Gasteiger partial charge in [0.1, 0.15) is 0 Å². The fourth-order valence-electron chi connectivity index (χ4n) is 3.08. The molecule has 1 aliphatic heterocycles. The maximum atomic E-state index is 11.2. The minimum atomic E-state index is -0.863. The van der Waals surface area contributed by atoms with Gasteiger partial charge in [-0.1, -0.05) is 0 Å². The van der Waals surface area contributed by atoms with Crippen LogP contribution >= 0.6 is 0 Å². The molecular weight excluding hydrogens is 262 g/mol. The molecule has 2 fully saturated rings. The molecule has 1 saturated heterocycles. The molecule has 2 rings (SSSR count). The number of carbonyl (C=O) groups is 2. The number of likely N-dealkylation sites (tertiary alicyclic amines) is 1. The van der Waals surface area contributed by atoms with E-state index in [-0.39, 0.29) is 18.2 Å². The van der Waals surface area contributed by atoms with Crippen molar-refractivity contribution >= 4 is 12.1 Å². The third-order valence-corrected chi connectivity index (χ3v) is 4.28. The molecule has 0 spiro atoms. The molecule has 1 atom stereocenters. The van der Waals surface area contributed by atoms with E-state index in [9.17, 15) is 9.59 Å². The van der Waals surface area contributed by atoms with Crippen molar-refractivity contribution in [2.45, 2.75) is 50.7 Å². The van der Waals surface area contributed by atoms with Gasteiger partial charge in [0.2, 0.25) is 0 Å². The predicted octanol–water partition coefficient (Wildman–Crippen LogP) is 1.88. The molecule has 114 valence electrons. The van der Waals surface area contributed by atoms with Gasteiger partial charge in [0.15, 0.2) is 0 Å². The number of rotatable bonds is 4. The summed E-state index contributed by atoms with van der Waals surface area (Å²) in [6, 6.07) is 0. The van der Waals surface area contributed by atoms with Crippen molar-refractivity contribution in [2.75, 3.05) is 20.2 Å². The summed E-state index contributed by atoms with van der Waals surface area (Å²) < 4.78 is 10.7.